The summed E-state index contributed by atoms with van der Waals surface area (Å²) in [4.78, 5) is 34.4. The molecule has 0 saturated heterocycles. The molecule has 7 heteroatoms. The maximum atomic E-state index is 12.3. The van der Waals surface area contributed by atoms with Gasteiger partial charge in [-0.3, -0.25) is 14.4 Å². The van der Waals surface area contributed by atoms with Crippen molar-refractivity contribution in [3.05, 3.63) is 29.8 Å². The normalized spacial score (nSPS) is 15.4. The van der Waals surface area contributed by atoms with Crippen LogP contribution in [0, 0.1) is 16.7 Å². The zero-order chi connectivity index (χ0) is 16.9. The van der Waals surface area contributed by atoms with Crippen LogP contribution in [0.1, 0.15) is 36.0 Å². The van der Waals surface area contributed by atoms with Crippen LogP contribution in [0.25, 0.3) is 0 Å². The van der Waals surface area contributed by atoms with Crippen molar-refractivity contribution in [2.24, 2.45) is 5.41 Å². The summed E-state index contributed by atoms with van der Waals surface area (Å²) in [5, 5.41) is 22.7. The molecule has 7 nitrogen and oxygen atoms in total. The number of rotatable bonds is 5. The van der Waals surface area contributed by atoms with Crippen LogP contribution in [0.4, 0.5) is 5.69 Å². The number of nitriles is 1. The molecule has 0 atom stereocenters. The van der Waals surface area contributed by atoms with Crippen molar-refractivity contribution in [2.45, 2.75) is 25.7 Å². The molecular weight excluding hydrogens is 298 g/mol. The lowest BCUT2D eigenvalue weighted by molar-refractivity contribution is -0.135. The molecule has 120 valence electrons. The van der Waals surface area contributed by atoms with Crippen molar-refractivity contribution < 1.29 is 19.5 Å². The molecule has 23 heavy (non-hydrogen) atoms. The van der Waals surface area contributed by atoms with E-state index in [1.807, 2.05) is 0 Å². The fraction of sp³-hybridized carbons (Fsp3) is 0.375. The summed E-state index contributed by atoms with van der Waals surface area (Å²) in [5.74, 6) is -1.95. The van der Waals surface area contributed by atoms with Crippen LogP contribution >= 0.6 is 0 Å². The van der Waals surface area contributed by atoms with Crippen molar-refractivity contribution in [1.29, 1.82) is 5.26 Å². The summed E-state index contributed by atoms with van der Waals surface area (Å²) < 4.78 is 0. The fourth-order valence-corrected chi connectivity index (χ4v) is 2.58. The Morgan fingerprint density at radius 2 is 1.78 bits per heavy atom. The van der Waals surface area contributed by atoms with Crippen molar-refractivity contribution in [3.63, 3.8) is 0 Å². The molecule has 1 saturated carbocycles. The van der Waals surface area contributed by atoms with Gasteiger partial charge in [-0.25, -0.2) is 0 Å². The van der Waals surface area contributed by atoms with Gasteiger partial charge in [-0.2, -0.15) is 5.26 Å². The molecule has 2 amide bonds. The molecule has 0 aliphatic heterocycles. The van der Waals surface area contributed by atoms with E-state index in [1.54, 1.807) is 12.1 Å². The van der Waals surface area contributed by atoms with Gasteiger partial charge in [-0.15, -0.1) is 0 Å². The maximum absolute atomic E-state index is 12.3. The summed E-state index contributed by atoms with van der Waals surface area (Å²) >= 11 is 0. The highest BCUT2D eigenvalue weighted by molar-refractivity contribution is 5.99. The largest absolute Gasteiger partial charge is 0.480 e. The van der Waals surface area contributed by atoms with Crippen LogP contribution in [0.3, 0.4) is 0 Å². The van der Waals surface area contributed by atoms with E-state index < -0.39 is 23.8 Å². The van der Waals surface area contributed by atoms with Gasteiger partial charge < -0.3 is 15.7 Å². The molecule has 1 aromatic carbocycles. The molecule has 1 fully saturated rings. The molecule has 1 aliphatic carbocycles. The first-order valence-electron chi connectivity index (χ1n) is 7.30. The number of nitrogens with zero attached hydrogens (tertiary/aromatic N) is 1. The zero-order valence-corrected chi connectivity index (χ0v) is 12.5. The van der Waals surface area contributed by atoms with E-state index in [0.29, 0.717) is 24.1 Å². The van der Waals surface area contributed by atoms with E-state index >= 15 is 0 Å². The third kappa shape index (κ3) is 3.86. The molecule has 0 spiro atoms. The van der Waals surface area contributed by atoms with Crippen molar-refractivity contribution in [2.75, 3.05) is 11.9 Å². The number of carboxylic acid groups (broad SMARTS) is 1. The Morgan fingerprint density at radius 1 is 1.17 bits per heavy atom. The third-order valence-electron chi connectivity index (χ3n) is 3.91. The van der Waals surface area contributed by atoms with Crippen LogP contribution in [0.2, 0.25) is 0 Å². The Morgan fingerprint density at radius 3 is 2.30 bits per heavy atom. The van der Waals surface area contributed by atoms with Gasteiger partial charge in [0.1, 0.15) is 12.0 Å². The zero-order valence-electron chi connectivity index (χ0n) is 12.5. The Hall–Kier alpha value is -2.88. The molecule has 0 radical (unpaired) electrons. The van der Waals surface area contributed by atoms with Gasteiger partial charge in [-0.05, 0) is 37.1 Å². The van der Waals surface area contributed by atoms with E-state index in [1.165, 1.54) is 12.1 Å². The van der Waals surface area contributed by atoms with Crippen LogP contribution in [-0.2, 0) is 9.59 Å². The number of benzene rings is 1. The highest BCUT2D eigenvalue weighted by atomic mass is 16.4. The lowest BCUT2D eigenvalue weighted by atomic mass is 9.87. The minimum atomic E-state index is -1.12. The van der Waals surface area contributed by atoms with Crippen LogP contribution in [0.15, 0.2) is 24.3 Å². The summed E-state index contributed by atoms with van der Waals surface area (Å²) in [6, 6.07) is 8.19. The van der Waals surface area contributed by atoms with Gasteiger partial charge >= 0.3 is 5.97 Å². The number of nitrogens with one attached hydrogen (secondary N) is 2. The SMILES string of the molecule is N#CC1(C(=O)Nc2ccc(C(=O)NCC(=O)O)cc2)CCCC1. The lowest BCUT2D eigenvalue weighted by Gasteiger charge is -2.19. The monoisotopic (exact) mass is 315 g/mol. The lowest BCUT2D eigenvalue weighted by Crippen LogP contribution is -2.32. The van der Waals surface area contributed by atoms with Crippen LogP contribution in [0.5, 0.6) is 0 Å². The van der Waals surface area contributed by atoms with Crippen molar-refractivity contribution in [1.82, 2.24) is 5.32 Å². The first-order chi connectivity index (χ1) is 11.0. The molecule has 0 unspecified atom stereocenters. The van der Waals surface area contributed by atoms with E-state index in [0.717, 1.165) is 12.8 Å². The van der Waals surface area contributed by atoms with Gasteiger partial charge in [0.15, 0.2) is 0 Å². The summed E-state index contributed by atoms with van der Waals surface area (Å²) in [6.07, 6.45) is 2.85. The van der Waals surface area contributed by atoms with E-state index in [-0.39, 0.29) is 5.91 Å². The smallest absolute Gasteiger partial charge is 0.322 e. The molecule has 1 aromatic rings. The summed E-state index contributed by atoms with van der Waals surface area (Å²) in [7, 11) is 0. The first kappa shape index (κ1) is 16.5. The maximum Gasteiger partial charge on any atom is 0.322 e. The molecule has 3 N–H and O–H groups in total. The molecule has 0 heterocycles. The topological polar surface area (TPSA) is 119 Å². The van der Waals surface area contributed by atoms with Crippen LogP contribution in [-0.4, -0.2) is 29.4 Å². The minimum Gasteiger partial charge on any atom is -0.480 e. The second kappa shape index (κ2) is 6.92. The van der Waals surface area contributed by atoms with E-state index in [9.17, 15) is 19.6 Å². The van der Waals surface area contributed by atoms with E-state index in [4.69, 9.17) is 5.11 Å². The molecule has 0 bridgehead atoms. The standard InChI is InChI=1S/C16H17N3O4/c17-10-16(7-1-2-8-16)15(23)19-12-5-3-11(4-6-12)14(22)18-9-13(20)21/h3-6H,1-2,7-9H2,(H,18,22)(H,19,23)(H,20,21). The number of anilines is 1. The summed E-state index contributed by atoms with van der Waals surface area (Å²) in [5.41, 5.74) is -0.177. The average Bonchev–Trinajstić information content (AvgIpc) is 3.03. The highest BCUT2D eigenvalue weighted by Gasteiger charge is 2.41. The van der Waals surface area contributed by atoms with Crippen LogP contribution < -0.4 is 10.6 Å². The van der Waals surface area contributed by atoms with E-state index in [2.05, 4.69) is 16.7 Å². The van der Waals surface area contributed by atoms with Gasteiger partial charge in [0.2, 0.25) is 5.91 Å². The van der Waals surface area contributed by atoms with Crippen molar-refractivity contribution >= 4 is 23.5 Å². The predicted molar refractivity (Wildman–Crippen MR) is 81.6 cm³/mol. The highest BCUT2D eigenvalue weighted by Crippen LogP contribution is 2.38. The molecular formula is C16H17N3O4. The predicted octanol–water partition coefficient (Wildman–Crippen LogP) is 1.52. The fourth-order valence-electron chi connectivity index (χ4n) is 2.58. The Bertz CT molecular complexity index is 655. The Kier molecular flexibility index (Phi) is 4.96. The Balaban J connectivity index is 2.00. The number of carboxylic acids is 1. The average molecular weight is 315 g/mol. The number of carbonyl (C=O) groups excluding carboxylic acids is 2. The number of hydrogen-bond donors (Lipinski definition) is 3. The molecule has 2 rings (SSSR count). The number of amides is 2. The number of aliphatic carboxylic acids is 1. The number of hydrogen-bond acceptors (Lipinski definition) is 4. The minimum absolute atomic E-state index is 0.292. The molecule has 1 aliphatic rings. The quantitative estimate of drug-likeness (QED) is 0.761. The summed E-state index contributed by atoms with van der Waals surface area (Å²) in [6.45, 7) is -0.456. The second-order valence-electron chi connectivity index (χ2n) is 5.51. The number of carbonyl (C=O) groups is 3. The van der Waals surface area contributed by atoms with Crippen molar-refractivity contribution in [3.8, 4) is 6.07 Å². The molecule has 0 aromatic heterocycles. The third-order valence-corrected chi connectivity index (χ3v) is 3.91. The van der Waals surface area contributed by atoms with Gasteiger partial charge in [-0.1, -0.05) is 12.8 Å². The van der Waals surface area contributed by atoms with Gasteiger partial charge in [0, 0.05) is 11.3 Å². The first-order valence-corrected chi connectivity index (χ1v) is 7.30. The van der Waals surface area contributed by atoms with Gasteiger partial charge in [0.25, 0.3) is 5.91 Å². The second-order valence-corrected chi connectivity index (χ2v) is 5.51. The van der Waals surface area contributed by atoms with Gasteiger partial charge in [0.05, 0.1) is 6.07 Å². The Labute approximate surface area is 133 Å².